The third-order valence-electron chi connectivity index (χ3n) is 2.95. The van der Waals surface area contributed by atoms with Crippen LogP contribution in [0.5, 0.6) is 0 Å². The van der Waals surface area contributed by atoms with Crippen molar-refractivity contribution >= 4 is 11.2 Å². The molecule has 4 atom stereocenters. The first-order chi connectivity index (χ1) is 8.70. The smallest absolute Gasteiger partial charge is 0.180 e. The molecular weight excluding hydrogens is 243 g/mol. The Kier molecular flexibility index (Phi) is 2.69. The van der Waals surface area contributed by atoms with Gasteiger partial charge in [-0.15, -0.1) is 0 Å². The lowest BCUT2D eigenvalue weighted by molar-refractivity contribution is -0.0248. The summed E-state index contributed by atoms with van der Waals surface area (Å²) in [5, 5.41) is 18.5. The van der Waals surface area contributed by atoms with Gasteiger partial charge < -0.3 is 19.9 Å². The van der Waals surface area contributed by atoms with Crippen LogP contribution in [0, 0.1) is 0 Å². The number of nitrogens with one attached hydrogen (secondary N) is 1. The minimum absolute atomic E-state index is 0.108. The molecule has 3 N–H and O–H groups in total. The van der Waals surface area contributed by atoms with Crippen LogP contribution in [0.15, 0.2) is 12.5 Å². The number of rotatable bonds is 2. The number of hydrogen-bond acceptors (Lipinski definition) is 6. The van der Waals surface area contributed by atoms with E-state index in [0.717, 1.165) is 0 Å². The summed E-state index contributed by atoms with van der Waals surface area (Å²) in [6.07, 6.45) is -2.16. The molecule has 0 saturated carbocycles. The van der Waals surface area contributed by atoms with Gasteiger partial charge >= 0.3 is 0 Å². The van der Waals surface area contributed by atoms with Crippen molar-refractivity contribution in [3.8, 4) is 0 Å². The zero-order chi connectivity index (χ0) is 12.7. The maximum atomic E-state index is 13.8. The fourth-order valence-corrected chi connectivity index (χ4v) is 1.97. The predicted molar refractivity (Wildman–Crippen MR) is 57.3 cm³/mol. The van der Waals surface area contributed by atoms with Gasteiger partial charge in [0.1, 0.15) is 17.7 Å². The van der Waals surface area contributed by atoms with Gasteiger partial charge in [-0.25, -0.2) is 19.3 Å². The number of imidazole rings is 1. The summed E-state index contributed by atoms with van der Waals surface area (Å²) in [6.45, 7) is -0.456. The van der Waals surface area contributed by atoms with Gasteiger partial charge in [0.25, 0.3) is 0 Å². The van der Waals surface area contributed by atoms with Crippen LogP contribution < -0.4 is 0 Å². The number of halogens is 1. The van der Waals surface area contributed by atoms with E-state index in [1.165, 1.54) is 12.5 Å². The summed E-state index contributed by atoms with van der Waals surface area (Å²) >= 11 is 0. The second-order valence-corrected chi connectivity index (χ2v) is 4.08. The van der Waals surface area contributed by atoms with Crippen LogP contribution in [0.1, 0.15) is 11.9 Å². The Balaban J connectivity index is 1.94. The van der Waals surface area contributed by atoms with Gasteiger partial charge in [-0.2, -0.15) is 0 Å². The van der Waals surface area contributed by atoms with E-state index in [1.807, 2.05) is 0 Å². The highest BCUT2D eigenvalue weighted by Crippen LogP contribution is 2.34. The second kappa shape index (κ2) is 4.23. The van der Waals surface area contributed by atoms with Crippen molar-refractivity contribution < 1.29 is 19.3 Å². The Hall–Kier alpha value is -1.64. The van der Waals surface area contributed by atoms with E-state index in [4.69, 9.17) is 9.84 Å². The molecule has 0 aliphatic carbocycles. The predicted octanol–water partition coefficient (Wildman–Crippen LogP) is -0.516. The van der Waals surface area contributed by atoms with Gasteiger partial charge in [0.05, 0.1) is 19.1 Å². The first-order valence-corrected chi connectivity index (χ1v) is 5.45. The maximum Gasteiger partial charge on any atom is 0.180 e. The minimum Gasteiger partial charge on any atom is -0.394 e. The number of hydrogen-bond donors (Lipinski definition) is 3. The fourth-order valence-electron chi connectivity index (χ4n) is 1.97. The van der Waals surface area contributed by atoms with Crippen molar-refractivity contribution in [3.63, 3.8) is 0 Å². The summed E-state index contributed by atoms with van der Waals surface area (Å²) in [5.74, 6) is 0.108. The number of aliphatic hydroxyl groups excluding tert-OH is 2. The summed E-state index contributed by atoms with van der Waals surface area (Å²) in [7, 11) is 0. The molecule has 18 heavy (non-hydrogen) atoms. The molecule has 1 fully saturated rings. The Morgan fingerprint density at radius 1 is 1.44 bits per heavy atom. The quantitative estimate of drug-likeness (QED) is 0.666. The second-order valence-electron chi connectivity index (χ2n) is 4.08. The van der Waals surface area contributed by atoms with Gasteiger partial charge in [0.15, 0.2) is 23.7 Å². The number of fused-ring (bicyclic) bond motifs is 1. The van der Waals surface area contributed by atoms with E-state index in [-0.39, 0.29) is 5.82 Å². The summed E-state index contributed by atoms with van der Waals surface area (Å²) in [6, 6.07) is 0. The van der Waals surface area contributed by atoms with Crippen LogP contribution in [0.4, 0.5) is 4.39 Å². The largest absolute Gasteiger partial charge is 0.394 e. The van der Waals surface area contributed by atoms with Crippen LogP contribution in [-0.2, 0) is 4.74 Å². The number of aromatic amines is 1. The molecule has 96 valence electrons. The number of aromatic nitrogens is 4. The van der Waals surface area contributed by atoms with Gasteiger partial charge in [-0.3, -0.25) is 0 Å². The Labute approximate surface area is 101 Å². The van der Waals surface area contributed by atoms with Crippen molar-refractivity contribution in [1.29, 1.82) is 0 Å². The first-order valence-electron chi connectivity index (χ1n) is 5.45. The molecule has 2 aromatic rings. The fraction of sp³-hybridized carbons (Fsp3) is 0.500. The number of ether oxygens (including phenoxy) is 1. The molecule has 1 aliphatic rings. The molecule has 0 unspecified atom stereocenters. The Morgan fingerprint density at radius 3 is 3.00 bits per heavy atom. The van der Waals surface area contributed by atoms with Crippen molar-refractivity contribution in [1.82, 2.24) is 19.9 Å². The molecule has 0 aromatic carbocycles. The molecule has 0 bridgehead atoms. The van der Waals surface area contributed by atoms with Crippen LogP contribution in [-0.4, -0.2) is 55.1 Å². The lowest BCUT2D eigenvalue weighted by Crippen LogP contribution is -2.30. The first kappa shape index (κ1) is 11.5. The van der Waals surface area contributed by atoms with Crippen molar-refractivity contribution in [2.75, 3.05) is 6.61 Å². The third-order valence-corrected chi connectivity index (χ3v) is 2.95. The topological polar surface area (TPSA) is 104 Å². The van der Waals surface area contributed by atoms with Crippen molar-refractivity contribution in [2.24, 2.45) is 0 Å². The molecule has 1 aliphatic heterocycles. The van der Waals surface area contributed by atoms with E-state index in [2.05, 4.69) is 19.9 Å². The standard InChI is InChI=1S/C10H11FN4O3/c11-6-7(17)5(2-16)18-8(6)10-12-1-4-9(15-10)14-3-13-4/h1,3,5-8,16-17H,2H2,(H,12,13,14,15)/t5-,6-,7-,8-/m1/s1. The molecule has 8 heteroatoms. The van der Waals surface area contributed by atoms with Crippen LogP contribution >= 0.6 is 0 Å². The lowest BCUT2D eigenvalue weighted by atomic mass is 10.1. The highest BCUT2D eigenvalue weighted by atomic mass is 19.1. The Morgan fingerprint density at radius 2 is 2.28 bits per heavy atom. The van der Waals surface area contributed by atoms with Crippen molar-refractivity contribution in [3.05, 3.63) is 18.3 Å². The highest BCUT2D eigenvalue weighted by Gasteiger charge is 2.46. The maximum absolute atomic E-state index is 13.8. The van der Waals surface area contributed by atoms with Crippen LogP contribution in [0.3, 0.4) is 0 Å². The normalized spacial score (nSPS) is 32.2. The lowest BCUT2D eigenvalue weighted by Gasteiger charge is -2.10. The van der Waals surface area contributed by atoms with E-state index >= 15 is 0 Å². The van der Waals surface area contributed by atoms with E-state index in [1.54, 1.807) is 0 Å². The molecule has 0 amide bonds. The van der Waals surface area contributed by atoms with E-state index in [9.17, 15) is 9.50 Å². The highest BCUT2D eigenvalue weighted by molar-refractivity contribution is 5.68. The molecular formula is C10H11FN4O3. The number of aliphatic hydroxyl groups is 2. The van der Waals surface area contributed by atoms with Gasteiger partial charge in [-0.1, -0.05) is 0 Å². The van der Waals surface area contributed by atoms with Crippen LogP contribution in [0.2, 0.25) is 0 Å². The number of nitrogens with zero attached hydrogens (tertiary/aromatic N) is 3. The summed E-state index contributed by atoms with van der Waals surface area (Å²) in [4.78, 5) is 14.8. The molecule has 0 radical (unpaired) electrons. The molecule has 3 heterocycles. The zero-order valence-electron chi connectivity index (χ0n) is 9.19. The monoisotopic (exact) mass is 254 g/mol. The average molecular weight is 254 g/mol. The Bertz CT molecular complexity index is 563. The number of alkyl halides is 1. The molecule has 7 nitrogen and oxygen atoms in total. The van der Waals surface area contributed by atoms with E-state index in [0.29, 0.717) is 11.2 Å². The molecule has 3 rings (SSSR count). The molecule has 2 aromatic heterocycles. The van der Waals surface area contributed by atoms with E-state index < -0.39 is 31.1 Å². The van der Waals surface area contributed by atoms with Gasteiger partial charge in [-0.05, 0) is 0 Å². The SMILES string of the molecule is OC[C@H]1O[C@@H](c2ncc3[nH]cnc3n2)[C@H](F)[C@@H]1O. The summed E-state index contributed by atoms with van der Waals surface area (Å²) in [5.41, 5.74) is 1.03. The molecule has 1 saturated heterocycles. The minimum atomic E-state index is -1.67. The average Bonchev–Trinajstić information content (AvgIpc) is 2.95. The van der Waals surface area contributed by atoms with Crippen LogP contribution in [0.25, 0.3) is 11.2 Å². The van der Waals surface area contributed by atoms with Crippen molar-refractivity contribution in [2.45, 2.75) is 24.5 Å². The molecule has 0 spiro atoms. The third kappa shape index (κ3) is 1.65. The van der Waals surface area contributed by atoms with Gasteiger partial charge in [0, 0.05) is 0 Å². The zero-order valence-corrected chi connectivity index (χ0v) is 9.19. The van der Waals surface area contributed by atoms with Gasteiger partial charge in [0.2, 0.25) is 0 Å². The number of H-pyrrole nitrogens is 1. The summed E-state index contributed by atoms with van der Waals surface area (Å²) < 4.78 is 19.0.